The van der Waals surface area contributed by atoms with Crippen molar-refractivity contribution in [3.8, 4) is 0 Å². The third-order valence-corrected chi connectivity index (χ3v) is 1.81. The van der Waals surface area contributed by atoms with E-state index in [-0.39, 0.29) is 12.4 Å². The largest absolute Gasteiger partial charge is 0.397 e. The molecule has 0 unspecified atom stereocenters. The highest BCUT2D eigenvalue weighted by Gasteiger charge is 1.99. The average Bonchev–Trinajstić information content (AvgIpc) is 2.20. The van der Waals surface area contributed by atoms with Crippen molar-refractivity contribution in [1.29, 1.82) is 0 Å². The Morgan fingerprint density at radius 3 is 2.87 bits per heavy atom. The lowest BCUT2D eigenvalue weighted by Gasteiger charge is -2.09. The van der Waals surface area contributed by atoms with Gasteiger partial charge < -0.3 is 20.9 Å². The molecule has 0 fully saturated rings. The Kier molecular flexibility index (Phi) is 4.86. The number of ether oxygens (including phenoxy) is 1. The van der Waals surface area contributed by atoms with Gasteiger partial charge >= 0.3 is 0 Å². The summed E-state index contributed by atoms with van der Waals surface area (Å²) in [7, 11) is 0. The van der Waals surface area contributed by atoms with Crippen molar-refractivity contribution in [3.05, 3.63) is 24.0 Å². The third-order valence-electron chi connectivity index (χ3n) is 1.81. The second-order valence-electron chi connectivity index (χ2n) is 2.99. The highest BCUT2D eigenvalue weighted by Crippen LogP contribution is 2.18. The number of rotatable bonds is 6. The van der Waals surface area contributed by atoms with Crippen molar-refractivity contribution in [1.82, 2.24) is 0 Å². The van der Waals surface area contributed by atoms with Crippen LogP contribution in [0.5, 0.6) is 0 Å². The van der Waals surface area contributed by atoms with Gasteiger partial charge in [0, 0.05) is 6.54 Å². The molecular weight excluding hydrogens is 199 g/mol. The van der Waals surface area contributed by atoms with Gasteiger partial charge in [0.25, 0.3) is 0 Å². The van der Waals surface area contributed by atoms with Crippen molar-refractivity contribution < 1.29 is 14.2 Å². The highest BCUT2D eigenvalue weighted by molar-refractivity contribution is 5.65. The molecule has 0 atom stereocenters. The molecule has 1 aromatic carbocycles. The van der Waals surface area contributed by atoms with Crippen molar-refractivity contribution in [3.63, 3.8) is 0 Å². The zero-order valence-corrected chi connectivity index (χ0v) is 8.37. The molecule has 1 aromatic rings. The molecule has 0 heterocycles. The van der Waals surface area contributed by atoms with Crippen LogP contribution in [0.2, 0.25) is 0 Å². The normalized spacial score (nSPS) is 10.3. The van der Waals surface area contributed by atoms with E-state index in [0.29, 0.717) is 31.1 Å². The number of hydrogen-bond acceptors (Lipinski definition) is 4. The number of aliphatic hydroxyl groups is 1. The zero-order chi connectivity index (χ0) is 11.1. The van der Waals surface area contributed by atoms with Crippen LogP contribution in [-0.4, -0.2) is 31.5 Å². The lowest BCUT2D eigenvalue weighted by molar-refractivity contribution is 0.0992. The Morgan fingerprint density at radius 1 is 1.40 bits per heavy atom. The van der Waals surface area contributed by atoms with Gasteiger partial charge in [-0.25, -0.2) is 4.39 Å². The Bertz CT molecular complexity index is 307. The summed E-state index contributed by atoms with van der Waals surface area (Å²) in [4.78, 5) is 0. The number of anilines is 2. The predicted octanol–water partition coefficient (Wildman–Crippen LogP) is 0.829. The second-order valence-corrected chi connectivity index (χ2v) is 2.99. The van der Waals surface area contributed by atoms with Crippen LogP contribution < -0.4 is 11.1 Å². The van der Waals surface area contributed by atoms with Gasteiger partial charge in [-0.05, 0) is 18.2 Å². The Hall–Kier alpha value is -1.33. The number of benzene rings is 1. The average molecular weight is 214 g/mol. The van der Waals surface area contributed by atoms with E-state index in [9.17, 15) is 4.39 Å². The summed E-state index contributed by atoms with van der Waals surface area (Å²) in [6.45, 7) is 1.37. The summed E-state index contributed by atoms with van der Waals surface area (Å²) in [5, 5.41) is 11.5. The maximum atomic E-state index is 12.7. The summed E-state index contributed by atoms with van der Waals surface area (Å²) < 4.78 is 17.7. The first-order valence-electron chi connectivity index (χ1n) is 4.71. The maximum Gasteiger partial charge on any atom is 0.125 e. The number of nitrogens with one attached hydrogen (secondary N) is 1. The summed E-state index contributed by atoms with van der Waals surface area (Å²) in [6, 6.07) is 4.18. The van der Waals surface area contributed by atoms with E-state index in [1.807, 2.05) is 0 Å². The summed E-state index contributed by atoms with van der Waals surface area (Å²) >= 11 is 0. The zero-order valence-electron chi connectivity index (χ0n) is 8.37. The Balaban J connectivity index is 2.31. The number of nitrogen functional groups attached to an aromatic ring is 1. The fourth-order valence-electron chi connectivity index (χ4n) is 1.12. The van der Waals surface area contributed by atoms with Gasteiger partial charge in [0.15, 0.2) is 0 Å². The van der Waals surface area contributed by atoms with Crippen LogP contribution in [0.15, 0.2) is 18.2 Å². The van der Waals surface area contributed by atoms with Gasteiger partial charge in [-0.3, -0.25) is 0 Å². The molecule has 15 heavy (non-hydrogen) atoms. The molecule has 0 amide bonds. The van der Waals surface area contributed by atoms with Crippen LogP contribution in [0.1, 0.15) is 0 Å². The predicted molar refractivity (Wildman–Crippen MR) is 57.2 cm³/mol. The topological polar surface area (TPSA) is 67.5 Å². The van der Waals surface area contributed by atoms with Crippen LogP contribution >= 0.6 is 0 Å². The second kappa shape index (κ2) is 6.21. The van der Waals surface area contributed by atoms with Gasteiger partial charge in [0.1, 0.15) is 5.82 Å². The van der Waals surface area contributed by atoms with E-state index in [2.05, 4.69) is 5.32 Å². The highest BCUT2D eigenvalue weighted by atomic mass is 19.1. The van der Waals surface area contributed by atoms with Crippen molar-refractivity contribution in [2.24, 2.45) is 0 Å². The van der Waals surface area contributed by atoms with E-state index in [0.717, 1.165) is 0 Å². The van der Waals surface area contributed by atoms with Crippen molar-refractivity contribution >= 4 is 11.4 Å². The van der Waals surface area contributed by atoms with E-state index in [4.69, 9.17) is 15.6 Å². The number of halogens is 1. The molecule has 0 bridgehead atoms. The molecule has 0 aliphatic rings. The molecule has 0 saturated heterocycles. The molecule has 84 valence electrons. The Labute approximate surface area is 87.9 Å². The van der Waals surface area contributed by atoms with Crippen LogP contribution in [0.25, 0.3) is 0 Å². The molecule has 0 spiro atoms. The maximum absolute atomic E-state index is 12.7. The minimum atomic E-state index is -0.352. The molecule has 0 aromatic heterocycles. The molecule has 4 N–H and O–H groups in total. The minimum Gasteiger partial charge on any atom is -0.397 e. The van der Waals surface area contributed by atoms with E-state index >= 15 is 0 Å². The fourth-order valence-corrected chi connectivity index (χ4v) is 1.12. The summed E-state index contributed by atoms with van der Waals surface area (Å²) in [5.41, 5.74) is 6.64. The van der Waals surface area contributed by atoms with Crippen LogP contribution in [0.4, 0.5) is 15.8 Å². The van der Waals surface area contributed by atoms with E-state index in [1.54, 1.807) is 6.07 Å². The van der Waals surface area contributed by atoms with E-state index < -0.39 is 0 Å². The first-order chi connectivity index (χ1) is 7.24. The molecule has 0 saturated carbocycles. The summed E-state index contributed by atoms with van der Waals surface area (Å²) in [6.07, 6.45) is 0. The number of hydrogen-bond donors (Lipinski definition) is 3. The smallest absolute Gasteiger partial charge is 0.125 e. The fraction of sp³-hybridized carbons (Fsp3) is 0.400. The van der Waals surface area contributed by atoms with Gasteiger partial charge in [-0.15, -0.1) is 0 Å². The third kappa shape index (κ3) is 4.14. The standard InChI is InChI=1S/C10H15FN2O2/c11-8-1-2-10(9(12)7-8)13-3-5-15-6-4-14/h1-2,7,13-14H,3-6,12H2. The van der Waals surface area contributed by atoms with Gasteiger partial charge in [0.05, 0.1) is 31.2 Å². The van der Waals surface area contributed by atoms with Crippen LogP contribution in [0.3, 0.4) is 0 Å². The van der Waals surface area contributed by atoms with Crippen molar-refractivity contribution in [2.75, 3.05) is 37.4 Å². The minimum absolute atomic E-state index is 0.0126. The molecule has 5 heteroatoms. The molecular formula is C10H15FN2O2. The van der Waals surface area contributed by atoms with Crippen LogP contribution in [0, 0.1) is 5.82 Å². The molecule has 4 nitrogen and oxygen atoms in total. The molecule has 0 aliphatic heterocycles. The van der Waals surface area contributed by atoms with Gasteiger partial charge in [-0.2, -0.15) is 0 Å². The number of nitrogens with two attached hydrogens (primary N) is 1. The molecule has 0 aliphatic carbocycles. The van der Waals surface area contributed by atoms with Gasteiger partial charge in [-0.1, -0.05) is 0 Å². The number of aliphatic hydroxyl groups excluding tert-OH is 1. The van der Waals surface area contributed by atoms with Gasteiger partial charge in [0.2, 0.25) is 0 Å². The molecule has 0 radical (unpaired) electrons. The van der Waals surface area contributed by atoms with E-state index in [1.165, 1.54) is 12.1 Å². The first-order valence-corrected chi connectivity index (χ1v) is 4.71. The quantitative estimate of drug-likeness (QED) is 0.484. The first kappa shape index (κ1) is 11.7. The SMILES string of the molecule is Nc1cc(F)ccc1NCCOCCO. The Morgan fingerprint density at radius 2 is 2.20 bits per heavy atom. The lowest BCUT2D eigenvalue weighted by atomic mass is 10.2. The summed E-state index contributed by atoms with van der Waals surface area (Å²) in [5.74, 6) is -0.352. The monoisotopic (exact) mass is 214 g/mol. The van der Waals surface area contributed by atoms with Crippen molar-refractivity contribution in [2.45, 2.75) is 0 Å². The van der Waals surface area contributed by atoms with Crippen LogP contribution in [-0.2, 0) is 4.74 Å². The lowest BCUT2D eigenvalue weighted by Crippen LogP contribution is -2.12. The molecule has 1 rings (SSSR count).